The zero-order valence-electron chi connectivity index (χ0n) is 11.3. The number of H-pyrrole nitrogens is 1. The minimum Gasteiger partial charge on any atom is -0.383 e. The second-order valence-electron chi connectivity index (χ2n) is 4.67. The highest BCUT2D eigenvalue weighted by atomic mass is 79.9. The van der Waals surface area contributed by atoms with E-state index in [2.05, 4.69) is 26.0 Å². The minimum atomic E-state index is -0.170. The largest absolute Gasteiger partial charge is 0.383 e. The normalized spacial score (nSPS) is 10.8. The number of hydrogen-bond acceptors (Lipinski definition) is 3. The van der Waals surface area contributed by atoms with Gasteiger partial charge in [0.1, 0.15) is 11.5 Å². The molecule has 0 amide bonds. The molecule has 1 aromatic carbocycles. The van der Waals surface area contributed by atoms with Crippen LogP contribution < -0.4 is 11.3 Å². The number of anilines is 1. The van der Waals surface area contributed by atoms with E-state index >= 15 is 0 Å². The molecule has 21 heavy (non-hydrogen) atoms. The van der Waals surface area contributed by atoms with Gasteiger partial charge >= 0.3 is 0 Å². The Bertz CT molecular complexity index is 866. The molecule has 2 aromatic heterocycles. The first kappa shape index (κ1) is 13.6. The lowest BCUT2D eigenvalue weighted by atomic mass is 10.0. The van der Waals surface area contributed by atoms with Crippen LogP contribution in [0.2, 0.25) is 0 Å². The van der Waals surface area contributed by atoms with Gasteiger partial charge in [-0.2, -0.15) is 5.10 Å². The topological polar surface area (TPSA) is 76.7 Å². The van der Waals surface area contributed by atoms with E-state index in [1.165, 1.54) is 6.07 Å². The van der Waals surface area contributed by atoms with Crippen molar-refractivity contribution in [1.29, 1.82) is 0 Å². The standard InChI is InChI=1S/C15H13BrN4O/c1-20-15(17)13(9-4-2-5-10(16)8-9)14(19-20)11-6-3-7-12(21)18-11/h2-8H,17H2,1H3,(H,18,21). The van der Waals surface area contributed by atoms with Gasteiger partial charge in [-0.25, -0.2) is 0 Å². The third-order valence-electron chi connectivity index (χ3n) is 3.23. The lowest BCUT2D eigenvalue weighted by Crippen LogP contribution is -2.04. The van der Waals surface area contributed by atoms with E-state index < -0.39 is 0 Å². The average molecular weight is 345 g/mol. The van der Waals surface area contributed by atoms with Crippen molar-refractivity contribution in [2.24, 2.45) is 7.05 Å². The summed E-state index contributed by atoms with van der Waals surface area (Å²) in [6.07, 6.45) is 0. The number of nitrogens with two attached hydrogens (primary N) is 1. The monoisotopic (exact) mass is 344 g/mol. The molecule has 0 aliphatic heterocycles. The molecule has 0 spiro atoms. The number of pyridine rings is 1. The van der Waals surface area contributed by atoms with Crippen LogP contribution in [-0.4, -0.2) is 14.8 Å². The molecule has 2 heterocycles. The fourth-order valence-electron chi connectivity index (χ4n) is 2.24. The fourth-order valence-corrected chi connectivity index (χ4v) is 2.64. The second-order valence-corrected chi connectivity index (χ2v) is 5.59. The van der Waals surface area contributed by atoms with Gasteiger partial charge in [-0.3, -0.25) is 9.48 Å². The number of aromatic amines is 1. The van der Waals surface area contributed by atoms with Crippen LogP contribution in [0.3, 0.4) is 0 Å². The van der Waals surface area contributed by atoms with Gasteiger partial charge in [0.2, 0.25) is 5.56 Å². The molecular formula is C15H13BrN4O. The van der Waals surface area contributed by atoms with Crippen molar-refractivity contribution >= 4 is 21.7 Å². The van der Waals surface area contributed by atoms with Gasteiger partial charge in [0, 0.05) is 17.6 Å². The summed E-state index contributed by atoms with van der Waals surface area (Å²) in [5.41, 5.74) is 9.03. The summed E-state index contributed by atoms with van der Waals surface area (Å²) in [5.74, 6) is 0.549. The Morgan fingerprint density at radius 1 is 1.24 bits per heavy atom. The van der Waals surface area contributed by atoms with Gasteiger partial charge in [-0.1, -0.05) is 34.1 Å². The third-order valence-corrected chi connectivity index (χ3v) is 3.72. The van der Waals surface area contributed by atoms with Crippen LogP contribution in [0, 0.1) is 0 Å². The van der Waals surface area contributed by atoms with Gasteiger partial charge in [0.05, 0.1) is 11.3 Å². The number of halogens is 1. The van der Waals surface area contributed by atoms with Crippen molar-refractivity contribution in [3.8, 4) is 22.5 Å². The molecule has 0 fully saturated rings. The van der Waals surface area contributed by atoms with Gasteiger partial charge in [-0.05, 0) is 23.8 Å². The predicted octanol–water partition coefficient (Wildman–Crippen LogP) is 2.79. The Balaban J connectivity index is 2.28. The number of rotatable bonds is 2. The van der Waals surface area contributed by atoms with Crippen LogP contribution in [0.4, 0.5) is 5.82 Å². The zero-order valence-corrected chi connectivity index (χ0v) is 12.9. The molecule has 0 saturated heterocycles. The highest BCUT2D eigenvalue weighted by Gasteiger charge is 2.18. The van der Waals surface area contributed by atoms with Crippen LogP contribution in [0.15, 0.2) is 51.7 Å². The minimum absolute atomic E-state index is 0.170. The van der Waals surface area contributed by atoms with Crippen molar-refractivity contribution in [3.05, 3.63) is 57.3 Å². The molecule has 0 bridgehead atoms. The Morgan fingerprint density at radius 2 is 2.00 bits per heavy atom. The summed E-state index contributed by atoms with van der Waals surface area (Å²) in [6, 6.07) is 12.8. The van der Waals surface area contributed by atoms with E-state index in [4.69, 9.17) is 5.73 Å². The maximum Gasteiger partial charge on any atom is 0.248 e. The predicted molar refractivity (Wildman–Crippen MR) is 86.8 cm³/mol. The smallest absolute Gasteiger partial charge is 0.248 e. The number of nitrogens with zero attached hydrogens (tertiary/aromatic N) is 2. The average Bonchev–Trinajstić information content (AvgIpc) is 2.75. The molecule has 0 aliphatic carbocycles. The number of benzene rings is 1. The van der Waals surface area contributed by atoms with E-state index in [1.807, 2.05) is 30.3 Å². The lowest BCUT2D eigenvalue weighted by Gasteiger charge is -2.05. The first-order valence-corrected chi connectivity index (χ1v) is 7.13. The lowest BCUT2D eigenvalue weighted by molar-refractivity contribution is 0.781. The van der Waals surface area contributed by atoms with Crippen molar-refractivity contribution in [3.63, 3.8) is 0 Å². The molecule has 3 rings (SSSR count). The molecule has 6 heteroatoms. The molecule has 0 unspecified atom stereocenters. The van der Waals surface area contributed by atoms with E-state index in [0.29, 0.717) is 17.2 Å². The van der Waals surface area contributed by atoms with Crippen molar-refractivity contribution in [2.75, 3.05) is 5.73 Å². The highest BCUT2D eigenvalue weighted by molar-refractivity contribution is 9.10. The van der Waals surface area contributed by atoms with Crippen molar-refractivity contribution < 1.29 is 0 Å². The second kappa shape index (κ2) is 5.21. The molecule has 5 nitrogen and oxygen atoms in total. The Labute approximate surface area is 129 Å². The molecule has 0 saturated carbocycles. The van der Waals surface area contributed by atoms with E-state index in [1.54, 1.807) is 17.8 Å². The van der Waals surface area contributed by atoms with Crippen LogP contribution >= 0.6 is 15.9 Å². The van der Waals surface area contributed by atoms with E-state index in [-0.39, 0.29) is 5.56 Å². The molecule has 0 aliphatic rings. The number of nitrogen functional groups attached to an aromatic ring is 1. The number of aryl methyl sites for hydroxylation is 1. The third kappa shape index (κ3) is 2.50. The van der Waals surface area contributed by atoms with Crippen LogP contribution in [0.1, 0.15) is 0 Å². The van der Waals surface area contributed by atoms with Crippen molar-refractivity contribution in [1.82, 2.24) is 14.8 Å². The Morgan fingerprint density at radius 3 is 2.71 bits per heavy atom. The number of aromatic nitrogens is 3. The summed E-state index contributed by atoms with van der Waals surface area (Å²) in [6.45, 7) is 0. The molecule has 106 valence electrons. The summed E-state index contributed by atoms with van der Waals surface area (Å²) < 4.78 is 2.56. The fraction of sp³-hybridized carbons (Fsp3) is 0.0667. The maximum absolute atomic E-state index is 11.5. The van der Waals surface area contributed by atoms with Crippen LogP contribution in [0.25, 0.3) is 22.5 Å². The number of hydrogen-bond donors (Lipinski definition) is 2. The van der Waals surface area contributed by atoms with Gasteiger partial charge in [0.25, 0.3) is 0 Å². The van der Waals surface area contributed by atoms with Gasteiger partial charge < -0.3 is 10.7 Å². The van der Waals surface area contributed by atoms with E-state index in [0.717, 1.165) is 15.6 Å². The molecule has 0 radical (unpaired) electrons. The Hall–Kier alpha value is -2.34. The van der Waals surface area contributed by atoms with Crippen LogP contribution in [0.5, 0.6) is 0 Å². The SMILES string of the molecule is Cn1nc(-c2cccc(=O)[nH]2)c(-c2cccc(Br)c2)c1N. The maximum atomic E-state index is 11.5. The van der Waals surface area contributed by atoms with Crippen molar-refractivity contribution in [2.45, 2.75) is 0 Å². The zero-order chi connectivity index (χ0) is 15.0. The van der Waals surface area contributed by atoms with Crippen LogP contribution in [-0.2, 0) is 7.05 Å². The van der Waals surface area contributed by atoms with Gasteiger partial charge in [-0.15, -0.1) is 0 Å². The highest BCUT2D eigenvalue weighted by Crippen LogP contribution is 2.35. The summed E-state index contributed by atoms with van der Waals surface area (Å²) >= 11 is 3.46. The molecular weight excluding hydrogens is 332 g/mol. The Kier molecular flexibility index (Phi) is 3.39. The van der Waals surface area contributed by atoms with Gasteiger partial charge in [0.15, 0.2) is 0 Å². The summed E-state index contributed by atoms with van der Waals surface area (Å²) in [5, 5.41) is 4.43. The summed E-state index contributed by atoms with van der Waals surface area (Å²) in [4.78, 5) is 14.3. The number of nitrogens with one attached hydrogen (secondary N) is 1. The molecule has 3 N–H and O–H groups in total. The first-order chi connectivity index (χ1) is 10.1. The molecule has 0 atom stereocenters. The molecule has 3 aromatic rings. The summed E-state index contributed by atoms with van der Waals surface area (Å²) in [7, 11) is 1.78. The van der Waals surface area contributed by atoms with E-state index in [9.17, 15) is 4.79 Å². The first-order valence-electron chi connectivity index (χ1n) is 6.34. The quantitative estimate of drug-likeness (QED) is 0.750.